The number of pyridine rings is 2. The van der Waals surface area contributed by atoms with Crippen molar-refractivity contribution in [1.82, 2.24) is 41.0 Å². The minimum atomic E-state index is -0.700. The van der Waals surface area contributed by atoms with Crippen LogP contribution in [-0.2, 0) is 20.3 Å². The van der Waals surface area contributed by atoms with Crippen LogP contribution in [0.3, 0.4) is 0 Å². The lowest BCUT2D eigenvalue weighted by Crippen LogP contribution is -2.44. The van der Waals surface area contributed by atoms with Gasteiger partial charge < -0.3 is 53.3 Å². The van der Waals surface area contributed by atoms with Crippen molar-refractivity contribution in [1.29, 1.82) is 0 Å². The van der Waals surface area contributed by atoms with E-state index in [0.717, 1.165) is 37.1 Å². The van der Waals surface area contributed by atoms with E-state index in [2.05, 4.69) is 98.5 Å². The number of hydrogen-bond acceptors (Lipinski definition) is 16. The topological polar surface area (TPSA) is 302 Å². The molecule has 2 saturated carbocycles. The summed E-state index contributed by atoms with van der Waals surface area (Å²) in [4.78, 5) is 55.8. The molecule has 2 aliphatic rings. The second kappa shape index (κ2) is 22.1. The number of nitrogens with one attached hydrogen (secondary N) is 5. The average molecular weight is 964 g/mol. The highest BCUT2D eigenvalue weighted by molar-refractivity contribution is 6.29. The third kappa shape index (κ3) is 18.0. The van der Waals surface area contributed by atoms with Crippen molar-refractivity contribution in [3.8, 4) is 0 Å². The molecule has 2 aliphatic carbocycles. The van der Waals surface area contributed by atoms with Crippen molar-refractivity contribution >= 4 is 64.4 Å². The first-order valence-electron chi connectivity index (χ1n) is 21.9. The van der Waals surface area contributed by atoms with Gasteiger partial charge in [-0.3, -0.25) is 9.59 Å². The van der Waals surface area contributed by atoms with Crippen LogP contribution in [0.2, 0.25) is 5.15 Å². The summed E-state index contributed by atoms with van der Waals surface area (Å²) >= 11 is 5.81. The number of nitrogens with zero attached hydrogens (tertiary/aromatic N) is 6. The Morgan fingerprint density at radius 2 is 1.03 bits per heavy atom. The van der Waals surface area contributed by atoms with Gasteiger partial charge in [0.25, 0.3) is 11.8 Å². The third-order valence-electron chi connectivity index (χ3n) is 9.82. The fourth-order valence-electron chi connectivity index (χ4n) is 5.85. The van der Waals surface area contributed by atoms with Gasteiger partial charge in [-0.05, 0) is 91.5 Å². The standard InChI is InChI=1S/C23H33N7O3.C14H16ClN5O.C9H18N2O2.CH4/c1-21(2,3)15-8-7-9-16(27-15)26-14-12-17(29-30-18(14)19(24)31)25-13-23(10-11-23)28-20(32)33-22(4,5)6;1-14(2,3)9-5-4-6-11(18-9)17-8-7-10(15)19-20-12(8)13(16)21;1-8(2,3)13-7(12)11-9(6-10)4-5-9;/h7-9,12H,10-11,13H2,1-6H3,(H2,24,31)(H,28,32)(H2,25,26,27,29);4-7H,1-3H3,(H2,16,21)(H,17,18,19);4-6,10H2,1-3H3,(H,11,12);1H4. The van der Waals surface area contributed by atoms with E-state index in [0.29, 0.717) is 41.9 Å². The zero-order chi connectivity index (χ0) is 50.2. The molecule has 2 fully saturated rings. The number of halogens is 1. The average Bonchev–Trinajstić information content (AvgIpc) is 4.13. The predicted molar refractivity (Wildman–Crippen MR) is 265 cm³/mol. The third-order valence-corrected chi connectivity index (χ3v) is 10.0. The number of hydrogen-bond donors (Lipinski definition) is 8. The van der Waals surface area contributed by atoms with Gasteiger partial charge in [0.2, 0.25) is 0 Å². The van der Waals surface area contributed by atoms with Gasteiger partial charge in [0, 0.05) is 47.4 Å². The second-order valence-corrected chi connectivity index (χ2v) is 21.0. The van der Waals surface area contributed by atoms with Crippen LogP contribution in [0, 0.1) is 0 Å². The molecule has 0 unspecified atom stereocenters. The van der Waals surface area contributed by atoms with Crippen molar-refractivity contribution in [3.05, 3.63) is 76.5 Å². The Morgan fingerprint density at radius 1 is 0.618 bits per heavy atom. The van der Waals surface area contributed by atoms with Gasteiger partial charge in [-0.1, -0.05) is 72.7 Å². The highest BCUT2D eigenvalue weighted by Crippen LogP contribution is 2.36. The first-order chi connectivity index (χ1) is 30.9. The number of primary amides is 2. The Balaban J connectivity index is 0.000000298. The normalized spacial score (nSPS) is 14.4. The minimum Gasteiger partial charge on any atom is -0.444 e. The van der Waals surface area contributed by atoms with Crippen molar-refractivity contribution < 1.29 is 28.7 Å². The van der Waals surface area contributed by atoms with Crippen LogP contribution in [0.15, 0.2) is 48.5 Å². The quantitative estimate of drug-likeness (QED) is 0.0672. The van der Waals surface area contributed by atoms with Gasteiger partial charge in [-0.2, -0.15) is 0 Å². The first kappa shape index (κ1) is 55.9. The number of carbonyl (C=O) groups excluding carboxylic acids is 4. The molecule has 6 rings (SSSR count). The molecule has 20 nitrogen and oxygen atoms in total. The zero-order valence-electron chi connectivity index (χ0n) is 40.6. The molecule has 372 valence electrons. The van der Waals surface area contributed by atoms with Crippen molar-refractivity contribution in [3.63, 3.8) is 0 Å². The lowest BCUT2D eigenvalue weighted by atomic mass is 9.92. The molecule has 0 aliphatic heterocycles. The summed E-state index contributed by atoms with van der Waals surface area (Å²) in [5.74, 6) is 0.192. The van der Waals surface area contributed by atoms with Gasteiger partial charge in [0.1, 0.15) is 22.8 Å². The van der Waals surface area contributed by atoms with Crippen molar-refractivity contribution in [2.75, 3.05) is 29.0 Å². The van der Waals surface area contributed by atoms with E-state index >= 15 is 0 Å². The van der Waals surface area contributed by atoms with Crippen LogP contribution < -0.4 is 43.8 Å². The monoisotopic (exact) mass is 963 g/mol. The minimum absolute atomic E-state index is 0. The van der Waals surface area contributed by atoms with E-state index in [1.165, 1.54) is 6.07 Å². The lowest BCUT2D eigenvalue weighted by molar-refractivity contribution is 0.0487. The fourth-order valence-corrected chi connectivity index (χ4v) is 6.00. The molecule has 4 amide bonds. The van der Waals surface area contributed by atoms with Crippen LogP contribution in [0.25, 0.3) is 0 Å². The van der Waals surface area contributed by atoms with Crippen LogP contribution in [0.4, 0.5) is 38.4 Å². The number of alkyl carbamates (subject to hydrolysis) is 2. The van der Waals surface area contributed by atoms with Crippen LogP contribution in [-0.4, -0.2) is 89.7 Å². The molecule has 11 N–H and O–H groups in total. The lowest BCUT2D eigenvalue weighted by Gasteiger charge is -2.23. The molecule has 68 heavy (non-hydrogen) atoms. The number of nitrogens with two attached hydrogens (primary N) is 3. The molecule has 0 saturated heterocycles. The number of anilines is 5. The molecule has 0 radical (unpaired) electrons. The number of carbonyl (C=O) groups is 4. The highest BCUT2D eigenvalue weighted by atomic mass is 35.5. The molecule has 0 bridgehead atoms. The van der Waals surface area contributed by atoms with E-state index in [1.807, 2.05) is 65.8 Å². The van der Waals surface area contributed by atoms with Gasteiger partial charge >= 0.3 is 12.2 Å². The smallest absolute Gasteiger partial charge is 0.408 e. The maximum Gasteiger partial charge on any atom is 0.408 e. The van der Waals surface area contributed by atoms with Crippen LogP contribution in [0.1, 0.15) is 149 Å². The first-order valence-corrected chi connectivity index (χ1v) is 22.2. The van der Waals surface area contributed by atoms with Crippen LogP contribution >= 0.6 is 11.6 Å². The number of ether oxygens (including phenoxy) is 2. The summed E-state index contributed by atoms with van der Waals surface area (Å²) in [6, 6.07) is 14.4. The number of aromatic nitrogens is 6. The highest BCUT2D eigenvalue weighted by Gasteiger charge is 2.45. The zero-order valence-corrected chi connectivity index (χ0v) is 41.4. The number of amides is 4. The van der Waals surface area contributed by atoms with Gasteiger partial charge in [0.05, 0.1) is 22.5 Å². The number of rotatable bonds is 12. The molecule has 4 heterocycles. The van der Waals surface area contributed by atoms with Gasteiger partial charge in [0.15, 0.2) is 22.4 Å². The van der Waals surface area contributed by atoms with Crippen molar-refractivity contribution in [2.24, 2.45) is 17.2 Å². The molecular formula is C47H71ClN14O6. The van der Waals surface area contributed by atoms with E-state index in [4.69, 9.17) is 38.3 Å². The summed E-state index contributed by atoms with van der Waals surface area (Å²) in [6.07, 6.45) is 2.74. The molecule has 0 atom stereocenters. The maximum absolute atomic E-state index is 12.1. The summed E-state index contributed by atoms with van der Waals surface area (Å²) in [5, 5.41) is 30.6. The Hall–Kier alpha value is -6.41. The molecule has 4 aromatic rings. The Morgan fingerprint density at radius 3 is 1.41 bits per heavy atom. The Kier molecular flexibility index (Phi) is 18.2. The van der Waals surface area contributed by atoms with Crippen molar-refractivity contribution in [2.45, 2.75) is 149 Å². The molecule has 21 heteroatoms. The fraction of sp³-hybridized carbons (Fsp3) is 0.532. The summed E-state index contributed by atoms with van der Waals surface area (Å²) in [7, 11) is 0. The van der Waals surface area contributed by atoms with E-state index in [9.17, 15) is 19.2 Å². The van der Waals surface area contributed by atoms with Crippen LogP contribution in [0.5, 0.6) is 0 Å². The summed E-state index contributed by atoms with van der Waals surface area (Å²) < 4.78 is 10.5. The molecule has 0 aromatic carbocycles. The maximum atomic E-state index is 12.1. The van der Waals surface area contributed by atoms with Gasteiger partial charge in [-0.25, -0.2) is 19.6 Å². The summed E-state index contributed by atoms with van der Waals surface area (Å²) in [6.45, 7) is 24.3. The van der Waals surface area contributed by atoms with Gasteiger partial charge in [-0.15, -0.1) is 20.4 Å². The SMILES string of the molecule is C.CC(C)(C)OC(=O)NC1(CN)CC1.CC(C)(C)OC(=O)NC1(CNc2cc(Nc3cccc(C(C)(C)C)n3)c(C(N)=O)nn2)CC1.CC(C)(C)c1cccc(Nc2cc(Cl)nnc2C(N)=O)n1. The Bertz CT molecular complexity index is 2400. The Labute approximate surface area is 404 Å². The molecular weight excluding hydrogens is 892 g/mol. The largest absolute Gasteiger partial charge is 0.444 e. The summed E-state index contributed by atoms with van der Waals surface area (Å²) in [5.41, 5.74) is 17.1. The van der Waals surface area contributed by atoms with E-state index in [1.54, 1.807) is 18.2 Å². The molecule has 0 spiro atoms. The van der Waals surface area contributed by atoms with E-state index < -0.39 is 34.6 Å². The van der Waals surface area contributed by atoms with E-state index in [-0.39, 0.29) is 46.4 Å². The second-order valence-electron chi connectivity index (χ2n) is 20.6. The predicted octanol–water partition coefficient (Wildman–Crippen LogP) is 7.78. The molecule has 4 aromatic heterocycles.